The van der Waals surface area contributed by atoms with E-state index < -0.39 is 0 Å². The normalized spacial score (nSPS) is 12.5. The standard InChI is InChI=1S/C43H35BNO3.C13H11FN.Ir/c1-42(2,3)27-14-17-35-32(23-27)44-33-24-28(43(4,5)6)15-18-36(33)47-39-22-26(21-38(46-35)40(39)44)25-13-16-29-30-10-9-11-31(34-12-7-8-19-45-34)41(30)48-37(29)20-25;1-9-7-13(15-8-10(9)2)11-3-5-12(14)6-4-11;/h7-10,12-24H,1-6H3;3,5-8H,1-2H3;/q2*-1;. The molecule has 0 saturated heterocycles. The topological polar surface area (TPSA) is 57.4 Å². The Morgan fingerprint density at radius 1 is 0.609 bits per heavy atom. The number of nitrogens with zero attached hydrogens (tertiary/aromatic N) is 2. The van der Waals surface area contributed by atoms with Gasteiger partial charge in [0.2, 0.25) is 0 Å². The summed E-state index contributed by atoms with van der Waals surface area (Å²) in [5.74, 6) is 3.16. The van der Waals surface area contributed by atoms with Crippen molar-refractivity contribution in [2.24, 2.45) is 0 Å². The van der Waals surface area contributed by atoms with Gasteiger partial charge in [-0.2, -0.15) is 0 Å². The Kier molecular flexibility index (Phi) is 11.0. The van der Waals surface area contributed by atoms with E-state index in [1.165, 1.54) is 39.7 Å². The molecule has 0 atom stereocenters. The zero-order valence-electron chi connectivity index (χ0n) is 37.1. The molecule has 2 aliphatic rings. The van der Waals surface area contributed by atoms with Crippen molar-refractivity contribution in [3.63, 3.8) is 0 Å². The Morgan fingerprint density at radius 2 is 1.30 bits per heavy atom. The zero-order valence-corrected chi connectivity index (χ0v) is 39.5. The van der Waals surface area contributed by atoms with Crippen molar-refractivity contribution < 1.29 is 38.4 Å². The smallest absolute Gasteiger partial charge is 0.260 e. The third kappa shape index (κ3) is 7.84. The number of benzene rings is 6. The minimum atomic E-state index is -0.275. The molecule has 0 aliphatic carbocycles. The van der Waals surface area contributed by atoms with E-state index in [1.807, 2.05) is 50.4 Å². The molecule has 0 saturated carbocycles. The molecule has 5 heterocycles. The van der Waals surface area contributed by atoms with Crippen molar-refractivity contribution in [2.75, 3.05) is 0 Å². The summed E-state index contributed by atoms with van der Waals surface area (Å²) in [5.41, 5.74) is 15.3. The van der Waals surface area contributed by atoms with Crippen LogP contribution in [-0.2, 0) is 30.9 Å². The van der Waals surface area contributed by atoms with E-state index in [9.17, 15) is 4.39 Å². The third-order valence-corrected chi connectivity index (χ3v) is 12.3. The summed E-state index contributed by atoms with van der Waals surface area (Å²) in [6.07, 6.45) is 3.62. The van der Waals surface area contributed by atoms with Gasteiger partial charge in [-0.15, -0.1) is 48.0 Å². The van der Waals surface area contributed by atoms with Gasteiger partial charge in [0.05, 0.1) is 5.58 Å². The van der Waals surface area contributed by atoms with Crippen LogP contribution < -0.4 is 25.9 Å². The first-order valence-electron chi connectivity index (χ1n) is 21.4. The maximum Gasteiger partial charge on any atom is 0.260 e. The van der Waals surface area contributed by atoms with Gasteiger partial charge in [0, 0.05) is 49.2 Å². The van der Waals surface area contributed by atoms with E-state index in [0.29, 0.717) is 0 Å². The van der Waals surface area contributed by atoms with E-state index in [-0.39, 0.29) is 43.5 Å². The van der Waals surface area contributed by atoms with Gasteiger partial charge in [0.25, 0.3) is 6.71 Å². The quantitative estimate of drug-likeness (QED) is 0.130. The number of ether oxygens (including phenoxy) is 2. The number of pyridine rings is 2. The van der Waals surface area contributed by atoms with Crippen LogP contribution in [-0.4, -0.2) is 16.7 Å². The van der Waals surface area contributed by atoms with Crippen LogP contribution in [0, 0.1) is 31.8 Å². The Balaban J connectivity index is 0.000000276. The fraction of sp³-hybridized carbons (Fsp3) is 0.179. The summed E-state index contributed by atoms with van der Waals surface area (Å²) in [6, 6.07) is 46.6. The molecule has 0 fully saturated rings. The summed E-state index contributed by atoms with van der Waals surface area (Å²) in [6.45, 7) is 17.6. The maximum absolute atomic E-state index is 12.7. The van der Waals surface area contributed by atoms with E-state index in [2.05, 4.69) is 136 Å². The van der Waals surface area contributed by atoms with Crippen molar-refractivity contribution in [3.8, 4) is 56.6 Å². The molecular formula is C56H46BFIrN2O3-2. The first-order valence-corrected chi connectivity index (χ1v) is 21.4. The number of rotatable bonds is 3. The number of furan rings is 1. The van der Waals surface area contributed by atoms with Crippen LogP contribution in [0.1, 0.15) is 63.8 Å². The Hall–Kier alpha value is -6.34. The molecule has 9 aromatic rings. The second-order valence-electron chi connectivity index (χ2n) is 18.7. The summed E-state index contributed by atoms with van der Waals surface area (Å²) in [5, 5.41) is 2.10. The molecule has 0 bridgehead atoms. The van der Waals surface area contributed by atoms with Crippen molar-refractivity contribution >= 4 is 45.0 Å². The maximum atomic E-state index is 12.7. The zero-order chi connectivity index (χ0) is 43.8. The summed E-state index contributed by atoms with van der Waals surface area (Å²) < 4.78 is 32.7. The number of halogens is 1. The van der Waals surface area contributed by atoms with Crippen LogP contribution in [0.4, 0.5) is 4.39 Å². The van der Waals surface area contributed by atoms with Gasteiger partial charge in [0.1, 0.15) is 28.6 Å². The van der Waals surface area contributed by atoms with Crippen molar-refractivity contribution in [2.45, 2.75) is 66.2 Å². The number of hydrogen-bond acceptors (Lipinski definition) is 5. The fourth-order valence-corrected chi connectivity index (χ4v) is 8.56. The van der Waals surface area contributed by atoms with Crippen molar-refractivity contribution in [1.29, 1.82) is 0 Å². The van der Waals surface area contributed by atoms with Gasteiger partial charge in [-0.05, 0) is 111 Å². The molecule has 3 aromatic heterocycles. The minimum Gasteiger partial charge on any atom is -0.501 e. The predicted molar refractivity (Wildman–Crippen MR) is 254 cm³/mol. The van der Waals surface area contributed by atoms with E-state index in [4.69, 9.17) is 13.9 Å². The molecule has 11 rings (SSSR count). The molecule has 5 nitrogen and oxygen atoms in total. The predicted octanol–water partition coefficient (Wildman–Crippen LogP) is 12.7. The molecule has 0 spiro atoms. The van der Waals surface area contributed by atoms with Crippen molar-refractivity contribution in [1.82, 2.24) is 9.97 Å². The minimum absolute atomic E-state index is 0. The van der Waals surface area contributed by atoms with Crippen LogP contribution in [0.2, 0.25) is 0 Å². The van der Waals surface area contributed by atoms with E-state index >= 15 is 0 Å². The van der Waals surface area contributed by atoms with Crippen LogP contribution in [0.3, 0.4) is 0 Å². The molecule has 0 N–H and O–H groups in total. The fourth-order valence-electron chi connectivity index (χ4n) is 8.56. The summed E-state index contributed by atoms with van der Waals surface area (Å²) >= 11 is 0. The number of hydrogen-bond donors (Lipinski definition) is 0. The first-order chi connectivity index (χ1) is 30.2. The molecular weight excluding hydrogens is 971 g/mol. The van der Waals surface area contributed by atoms with Gasteiger partial charge in [0.15, 0.2) is 0 Å². The summed E-state index contributed by atoms with van der Waals surface area (Å²) in [4.78, 5) is 8.84. The molecule has 1 radical (unpaired) electrons. The van der Waals surface area contributed by atoms with Gasteiger partial charge in [-0.25, -0.2) is 0 Å². The number of fused-ring (bicyclic) bond motifs is 7. The van der Waals surface area contributed by atoms with E-state index in [1.54, 1.807) is 12.3 Å². The molecule has 0 unspecified atom stereocenters. The molecule has 319 valence electrons. The molecule has 0 amide bonds. The second kappa shape index (κ2) is 16.3. The average Bonchev–Trinajstić information content (AvgIpc) is 3.65. The van der Waals surface area contributed by atoms with Crippen LogP contribution in [0.5, 0.6) is 23.0 Å². The Morgan fingerprint density at radius 3 is 1.89 bits per heavy atom. The largest absolute Gasteiger partial charge is 0.501 e. The molecule has 64 heavy (non-hydrogen) atoms. The SMILES string of the molecule is CC(C)(C)c1ccc2c(c1)B1c3cc(C(C)(C)C)ccc3Oc3cc(-c4ccc5c(c4)oc4c(-c6ccccn6)[c-]ccc45)cc(c31)O2.Cc1cnc(-c2[c-]cc(F)cc2)cc1C.[Ir]. The second-order valence-corrected chi connectivity index (χ2v) is 18.7. The van der Waals surface area contributed by atoms with Gasteiger partial charge in [-0.3, -0.25) is 4.39 Å². The van der Waals surface area contributed by atoms with Crippen molar-refractivity contribution in [3.05, 3.63) is 174 Å². The average molecular weight is 1020 g/mol. The van der Waals surface area contributed by atoms with Gasteiger partial charge in [-0.1, -0.05) is 113 Å². The first kappa shape index (κ1) is 42.9. The van der Waals surface area contributed by atoms with Crippen LogP contribution in [0.25, 0.3) is 55.6 Å². The third-order valence-electron chi connectivity index (χ3n) is 12.3. The molecule has 6 aromatic carbocycles. The molecule has 2 aliphatic heterocycles. The van der Waals surface area contributed by atoms with Crippen LogP contribution >= 0.6 is 0 Å². The molecule has 8 heteroatoms. The summed E-state index contributed by atoms with van der Waals surface area (Å²) in [7, 11) is 0. The van der Waals surface area contributed by atoms with Gasteiger partial charge >= 0.3 is 0 Å². The van der Waals surface area contributed by atoms with Crippen LogP contribution in [0.15, 0.2) is 138 Å². The Bertz CT molecular complexity index is 3150. The number of aryl methyl sites for hydroxylation is 2. The monoisotopic (exact) mass is 1020 g/mol. The van der Waals surface area contributed by atoms with Gasteiger partial charge < -0.3 is 23.9 Å². The van der Waals surface area contributed by atoms with E-state index in [0.717, 1.165) is 89.6 Å². The number of aromatic nitrogens is 2. The Labute approximate surface area is 388 Å².